The summed E-state index contributed by atoms with van der Waals surface area (Å²) in [4.78, 5) is 16.4. The Kier molecular flexibility index (Phi) is 4.85. The Morgan fingerprint density at radius 2 is 2.00 bits per heavy atom. The van der Waals surface area contributed by atoms with Gasteiger partial charge in [-0.25, -0.2) is 4.98 Å². The zero-order chi connectivity index (χ0) is 22.2. The van der Waals surface area contributed by atoms with Crippen molar-refractivity contribution in [2.75, 3.05) is 13.2 Å². The number of rotatable bonds is 6. The summed E-state index contributed by atoms with van der Waals surface area (Å²) in [5.74, 6) is 0.511. The van der Waals surface area contributed by atoms with E-state index in [0.29, 0.717) is 19.0 Å². The highest BCUT2D eigenvalue weighted by Crippen LogP contribution is 2.36. The van der Waals surface area contributed by atoms with Crippen molar-refractivity contribution in [3.8, 4) is 17.4 Å². The van der Waals surface area contributed by atoms with Crippen LogP contribution in [0.4, 0.5) is 0 Å². The minimum absolute atomic E-state index is 0.228. The first kappa shape index (κ1) is 19.6. The molecule has 2 fully saturated rings. The highest BCUT2D eigenvalue weighted by Gasteiger charge is 2.50. The van der Waals surface area contributed by atoms with Gasteiger partial charge in [0, 0.05) is 18.1 Å². The molecule has 12 heteroatoms. The average Bonchev–Trinajstić information content (AvgIpc) is 3.65. The van der Waals surface area contributed by atoms with E-state index in [1.165, 1.54) is 6.26 Å². The van der Waals surface area contributed by atoms with E-state index in [1.54, 1.807) is 29.3 Å². The van der Waals surface area contributed by atoms with Gasteiger partial charge in [0.1, 0.15) is 24.0 Å². The smallest absolute Gasteiger partial charge is 0.341 e. The molecule has 0 bridgehead atoms. The van der Waals surface area contributed by atoms with Crippen LogP contribution in [0, 0.1) is 0 Å². The summed E-state index contributed by atoms with van der Waals surface area (Å²) in [6, 6.07) is 10.4. The maximum Gasteiger partial charge on any atom is 0.341 e. The summed E-state index contributed by atoms with van der Waals surface area (Å²) >= 11 is 0. The maximum absolute atomic E-state index is 12.3. The normalized spacial score (nSPS) is 24.0. The molecule has 12 nitrogen and oxygen atoms in total. The van der Waals surface area contributed by atoms with Gasteiger partial charge in [-0.1, -0.05) is 5.10 Å². The molecular formula is C21H19N7O5. The molecule has 6 rings (SSSR count). The van der Waals surface area contributed by atoms with Gasteiger partial charge < -0.3 is 28.5 Å². The molecule has 4 aromatic rings. The van der Waals surface area contributed by atoms with Gasteiger partial charge >= 0.3 is 6.01 Å². The highest BCUT2D eigenvalue weighted by atomic mass is 16.6. The first-order chi connectivity index (χ1) is 16.3. The lowest BCUT2D eigenvalue weighted by molar-refractivity contribution is 0.0605. The molecule has 2 saturated heterocycles. The fourth-order valence-corrected chi connectivity index (χ4v) is 4.12. The molecule has 168 valence electrons. The van der Waals surface area contributed by atoms with Gasteiger partial charge in [0.15, 0.2) is 5.76 Å². The first-order valence-corrected chi connectivity index (χ1v) is 10.4. The number of nitrogens with one attached hydrogen (secondary N) is 1. The Morgan fingerprint density at radius 3 is 2.79 bits per heavy atom. The second-order valence-electron chi connectivity index (χ2n) is 7.69. The molecule has 3 aromatic heterocycles. The van der Waals surface area contributed by atoms with E-state index < -0.39 is 0 Å². The van der Waals surface area contributed by atoms with Crippen LogP contribution in [-0.4, -0.2) is 67.1 Å². The number of ether oxygens (including phenoxy) is 3. The number of amides is 1. The van der Waals surface area contributed by atoms with Crippen molar-refractivity contribution in [2.24, 2.45) is 0 Å². The first-order valence-electron chi connectivity index (χ1n) is 10.4. The van der Waals surface area contributed by atoms with Crippen LogP contribution < -0.4 is 10.1 Å². The summed E-state index contributed by atoms with van der Waals surface area (Å²) in [5.41, 5.74) is 0.952. The van der Waals surface area contributed by atoms with Gasteiger partial charge in [0.25, 0.3) is 5.91 Å². The Bertz CT molecular complexity index is 1220. The van der Waals surface area contributed by atoms with Crippen LogP contribution in [0.1, 0.15) is 16.6 Å². The summed E-state index contributed by atoms with van der Waals surface area (Å²) < 4.78 is 26.4. The van der Waals surface area contributed by atoms with Gasteiger partial charge in [-0.15, -0.1) is 0 Å². The van der Waals surface area contributed by atoms with Crippen molar-refractivity contribution < 1.29 is 23.4 Å². The number of hydrogen-bond acceptors (Lipinski definition) is 9. The molecule has 0 aliphatic carbocycles. The van der Waals surface area contributed by atoms with Crippen molar-refractivity contribution in [3.63, 3.8) is 0 Å². The number of carbonyl (C=O) groups is 1. The van der Waals surface area contributed by atoms with Crippen LogP contribution >= 0.6 is 0 Å². The predicted octanol–water partition coefficient (Wildman–Crippen LogP) is 1.38. The molecule has 1 amide bonds. The van der Waals surface area contributed by atoms with Gasteiger partial charge in [-0.2, -0.15) is 4.68 Å². The van der Waals surface area contributed by atoms with Crippen LogP contribution in [0.15, 0.2) is 65.8 Å². The Hall–Kier alpha value is -4.03. The monoisotopic (exact) mass is 449 g/mol. The number of imidazole rings is 1. The van der Waals surface area contributed by atoms with E-state index >= 15 is 0 Å². The van der Waals surface area contributed by atoms with Gasteiger partial charge in [0.2, 0.25) is 0 Å². The number of fused-ring (bicyclic) bond motifs is 1. The molecule has 0 radical (unpaired) electrons. The zero-order valence-electron chi connectivity index (χ0n) is 17.2. The molecule has 0 saturated carbocycles. The average molecular weight is 449 g/mol. The molecular weight excluding hydrogens is 430 g/mol. The van der Waals surface area contributed by atoms with E-state index in [9.17, 15) is 4.79 Å². The fraction of sp³-hybridized carbons (Fsp3) is 0.286. The third-order valence-electron chi connectivity index (χ3n) is 5.71. The number of hydrogen-bond donors (Lipinski definition) is 1. The van der Waals surface area contributed by atoms with Crippen LogP contribution in [-0.2, 0) is 9.47 Å². The Balaban J connectivity index is 1.14. The zero-order valence-corrected chi connectivity index (χ0v) is 17.2. The van der Waals surface area contributed by atoms with Crippen molar-refractivity contribution in [1.29, 1.82) is 0 Å². The van der Waals surface area contributed by atoms with Crippen LogP contribution in [0.2, 0.25) is 0 Å². The third kappa shape index (κ3) is 3.64. The Morgan fingerprint density at radius 1 is 1.12 bits per heavy atom. The van der Waals surface area contributed by atoms with Crippen molar-refractivity contribution in [1.82, 2.24) is 35.1 Å². The van der Waals surface area contributed by atoms with Crippen molar-refractivity contribution in [3.05, 3.63) is 67.1 Å². The van der Waals surface area contributed by atoms with E-state index in [1.807, 2.05) is 35.0 Å². The largest absolute Gasteiger partial charge is 0.459 e. The molecule has 1 aromatic carbocycles. The molecule has 33 heavy (non-hydrogen) atoms. The van der Waals surface area contributed by atoms with E-state index in [2.05, 4.69) is 25.8 Å². The van der Waals surface area contributed by atoms with Crippen LogP contribution in [0.25, 0.3) is 5.69 Å². The molecule has 0 spiro atoms. The number of furan rings is 1. The standard InChI is InChI=1S/C21H19N7O5/c29-20(17-2-1-9-30-17)23-15-10-31-19-16(11-32-18(15)19)28-21(24-25-26-28)33-14-5-3-13(4-6-14)27-8-7-22-12-27/h1-9,12,15-16,18-19H,10-11H2,(H,23,29)/t15-,16+,18-,19+/m1/s1. The minimum Gasteiger partial charge on any atom is -0.459 e. The lowest BCUT2D eigenvalue weighted by atomic mass is 10.1. The lowest BCUT2D eigenvalue weighted by Gasteiger charge is -2.17. The number of nitrogens with zero attached hydrogens (tertiary/aromatic N) is 6. The number of tetrazole rings is 1. The van der Waals surface area contributed by atoms with Gasteiger partial charge in [-0.3, -0.25) is 4.79 Å². The summed E-state index contributed by atoms with van der Waals surface area (Å²) in [5, 5.41) is 14.8. The second-order valence-corrected chi connectivity index (χ2v) is 7.69. The maximum atomic E-state index is 12.3. The van der Waals surface area contributed by atoms with Crippen LogP contribution in [0.5, 0.6) is 11.8 Å². The summed E-state index contributed by atoms with van der Waals surface area (Å²) in [7, 11) is 0. The summed E-state index contributed by atoms with van der Waals surface area (Å²) in [6.07, 6.45) is 6.09. The van der Waals surface area contributed by atoms with E-state index in [0.717, 1.165) is 5.69 Å². The second kappa shape index (κ2) is 8.15. The molecule has 5 heterocycles. The third-order valence-corrected chi connectivity index (χ3v) is 5.71. The molecule has 1 N–H and O–H groups in total. The van der Waals surface area contributed by atoms with Crippen molar-refractivity contribution >= 4 is 5.91 Å². The van der Waals surface area contributed by atoms with E-state index in [4.69, 9.17) is 18.6 Å². The SMILES string of the molecule is O=C(N[C@@H]1CO[C@@H]2[C@@H]1OC[C@@H]2n1nnnc1Oc1ccc(-n2ccnc2)cc1)c1ccco1. The highest BCUT2D eigenvalue weighted by molar-refractivity contribution is 5.91. The summed E-state index contributed by atoms with van der Waals surface area (Å²) in [6.45, 7) is 0.635. The topological polar surface area (TPSA) is 131 Å². The van der Waals surface area contributed by atoms with Gasteiger partial charge in [-0.05, 0) is 46.8 Å². The lowest BCUT2D eigenvalue weighted by Crippen LogP contribution is -2.44. The molecule has 2 aliphatic heterocycles. The van der Waals surface area contributed by atoms with Crippen molar-refractivity contribution in [2.45, 2.75) is 24.3 Å². The molecule has 4 atom stereocenters. The van der Waals surface area contributed by atoms with E-state index in [-0.39, 0.29) is 42.0 Å². The minimum atomic E-state index is -0.333. The molecule has 2 aliphatic rings. The fourth-order valence-electron chi connectivity index (χ4n) is 4.12. The quantitative estimate of drug-likeness (QED) is 0.464. The molecule has 0 unspecified atom stereocenters. The van der Waals surface area contributed by atoms with Gasteiger partial charge in [0.05, 0.1) is 31.8 Å². The Labute approximate surface area is 187 Å². The number of carbonyl (C=O) groups excluding carboxylic acids is 1. The predicted molar refractivity (Wildman–Crippen MR) is 110 cm³/mol. The van der Waals surface area contributed by atoms with Crippen LogP contribution in [0.3, 0.4) is 0 Å². The number of benzene rings is 1. The number of aromatic nitrogens is 6.